The lowest BCUT2D eigenvalue weighted by Gasteiger charge is -2.50. The van der Waals surface area contributed by atoms with E-state index in [4.69, 9.17) is 17.3 Å². The summed E-state index contributed by atoms with van der Waals surface area (Å²) < 4.78 is 0. The van der Waals surface area contributed by atoms with Crippen molar-refractivity contribution >= 4 is 29.1 Å². The second-order valence-electron chi connectivity index (χ2n) is 12.7. The number of halogens is 1. The fourth-order valence-corrected chi connectivity index (χ4v) is 6.65. The first kappa shape index (κ1) is 30.0. The number of likely N-dealkylation sites (N-methyl/N-ethyl adjacent to an activating group) is 1. The molecule has 11 heteroatoms. The molecule has 3 aliphatic rings. The normalized spacial score (nSPS) is 26.8. The molecule has 4 atom stereocenters. The molecule has 0 spiro atoms. The molecule has 3 aliphatic carbocycles. The van der Waals surface area contributed by atoms with Crippen molar-refractivity contribution in [3.05, 3.63) is 50.4 Å². The van der Waals surface area contributed by atoms with Crippen LogP contribution in [0.25, 0.3) is 0 Å². The van der Waals surface area contributed by atoms with E-state index in [0.717, 1.165) is 13.0 Å². The number of carbonyl (C=O) groups is 3. The van der Waals surface area contributed by atoms with E-state index in [1.807, 2.05) is 7.05 Å². The molecule has 0 heterocycles. The average Bonchev–Trinajstić information content (AvgIpc) is 2.82. The van der Waals surface area contributed by atoms with Gasteiger partial charge in [-0.3, -0.25) is 19.3 Å². The number of carbonyl (C=O) groups excluding carboxylic acids is 3. The van der Waals surface area contributed by atoms with Crippen LogP contribution in [0.5, 0.6) is 5.75 Å². The number of nitrogens with two attached hydrogens (primary N) is 1. The highest BCUT2D eigenvalue weighted by atomic mass is 35.5. The van der Waals surface area contributed by atoms with Crippen molar-refractivity contribution in [2.45, 2.75) is 58.2 Å². The van der Waals surface area contributed by atoms with Gasteiger partial charge in [-0.05, 0) is 75.5 Å². The number of ketones is 2. The number of allylic oxidation sites excluding steroid dienone is 1. The number of primary amides is 1. The molecule has 218 valence electrons. The van der Waals surface area contributed by atoms with Gasteiger partial charge >= 0.3 is 0 Å². The number of amides is 1. The minimum absolute atomic E-state index is 0.0125. The van der Waals surface area contributed by atoms with Gasteiger partial charge in [0.1, 0.15) is 22.8 Å². The smallest absolute Gasteiger partial charge is 0.255 e. The van der Waals surface area contributed by atoms with E-state index in [9.17, 15) is 34.8 Å². The second-order valence-corrected chi connectivity index (χ2v) is 13.1. The van der Waals surface area contributed by atoms with Crippen LogP contribution in [-0.2, 0) is 22.6 Å². The highest BCUT2D eigenvalue weighted by Crippen LogP contribution is 2.53. The summed E-state index contributed by atoms with van der Waals surface area (Å²) >= 11 is 6.83. The van der Waals surface area contributed by atoms with Crippen molar-refractivity contribution in [3.8, 4) is 5.75 Å². The van der Waals surface area contributed by atoms with Gasteiger partial charge in [0.2, 0.25) is 5.78 Å². The average molecular weight is 576 g/mol. The van der Waals surface area contributed by atoms with Gasteiger partial charge in [0, 0.05) is 23.1 Å². The second kappa shape index (κ2) is 10.2. The zero-order valence-corrected chi connectivity index (χ0v) is 24.5. The van der Waals surface area contributed by atoms with Crippen molar-refractivity contribution in [3.63, 3.8) is 0 Å². The third kappa shape index (κ3) is 4.70. The van der Waals surface area contributed by atoms with Crippen molar-refractivity contribution in [2.24, 2.45) is 23.0 Å². The number of aromatic hydroxyl groups is 1. The summed E-state index contributed by atoms with van der Waals surface area (Å²) in [5, 5.41) is 45.2. The number of aliphatic hydroxyl groups is 3. The van der Waals surface area contributed by atoms with Crippen LogP contribution in [0.3, 0.4) is 0 Å². The van der Waals surface area contributed by atoms with Crippen LogP contribution >= 0.6 is 11.6 Å². The summed E-state index contributed by atoms with van der Waals surface area (Å²) in [7, 11) is 5.13. The van der Waals surface area contributed by atoms with Gasteiger partial charge in [0.25, 0.3) is 5.91 Å². The number of fused-ring (bicyclic) bond motifs is 3. The number of hydrogen-bond acceptors (Lipinski definition) is 9. The van der Waals surface area contributed by atoms with Gasteiger partial charge in [-0.25, -0.2) is 0 Å². The maximum atomic E-state index is 13.8. The van der Waals surface area contributed by atoms with Crippen LogP contribution < -0.4 is 5.73 Å². The zero-order valence-electron chi connectivity index (χ0n) is 23.7. The number of aliphatic hydroxyl groups excluding tert-OH is 2. The van der Waals surface area contributed by atoms with Crippen molar-refractivity contribution < 1.29 is 34.8 Å². The third-order valence-corrected chi connectivity index (χ3v) is 8.89. The molecular weight excluding hydrogens is 538 g/mol. The van der Waals surface area contributed by atoms with Crippen LogP contribution in [0.4, 0.5) is 0 Å². The molecule has 0 aromatic heterocycles. The maximum Gasteiger partial charge on any atom is 0.255 e. The van der Waals surface area contributed by atoms with Gasteiger partial charge in [-0.2, -0.15) is 0 Å². The fourth-order valence-electron chi connectivity index (χ4n) is 6.36. The highest BCUT2D eigenvalue weighted by molar-refractivity contribution is 6.33. The Kier molecular flexibility index (Phi) is 7.64. The Hall–Kier alpha value is -2.92. The number of rotatable bonds is 6. The molecule has 0 saturated heterocycles. The first-order valence-corrected chi connectivity index (χ1v) is 13.7. The van der Waals surface area contributed by atoms with E-state index in [2.05, 4.69) is 25.7 Å². The minimum atomic E-state index is -2.67. The Bertz CT molecular complexity index is 1360. The lowest BCUT2D eigenvalue weighted by atomic mass is 9.58. The SMILES string of the molecule is CN(CCC(C)(C)C)Cc1cc(O)c2c(c1Cl)C[C@H]1C[C@H]3[C@H](N(C)C)C(O)=C(C(N)=O)C(=O)[C@@]3(O)C(O)=C1C2=O. The number of phenols is 1. The van der Waals surface area contributed by atoms with E-state index < -0.39 is 58.0 Å². The monoisotopic (exact) mass is 575 g/mol. The van der Waals surface area contributed by atoms with E-state index in [1.165, 1.54) is 11.0 Å². The molecule has 1 aromatic rings. The zero-order chi connectivity index (χ0) is 30.1. The molecule has 0 unspecified atom stereocenters. The molecule has 0 bridgehead atoms. The van der Waals surface area contributed by atoms with Crippen molar-refractivity contribution in [2.75, 3.05) is 27.7 Å². The highest BCUT2D eigenvalue weighted by Gasteiger charge is 2.63. The topological polar surface area (TPSA) is 165 Å². The predicted octanol–water partition coefficient (Wildman–Crippen LogP) is 2.64. The van der Waals surface area contributed by atoms with Crippen molar-refractivity contribution in [1.29, 1.82) is 0 Å². The summed E-state index contributed by atoms with van der Waals surface area (Å²) in [6.07, 6.45) is 1.11. The Balaban J connectivity index is 1.80. The molecular formula is C29H38ClN3O7. The standard InChI is InChI=1S/C29H38ClN3O7/c1-28(2,3)7-8-33(6)12-14-11-17(34)19-15(21(14)30)9-13-10-16-22(32(4)5)24(36)20(27(31)39)26(38)29(16,40)25(37)18(13)23(19)35/h11,13,16,22,34,36-37,40H,7-10,12H2,1-6H3,(H2,31,39)/t13-,16-,22-,29-/m0/s1. The van der Waals surface area contributed by atoms with Gasteiger partial charge in [-0.15, -0.1) is 0 Å². The number of hydrogen-bond donors (Lipinski definition) is 5. The predicted molar refractivity (Wildman–Crippen MR) is 149 cm³/mol. The molecule has 4 rings (SSSR count). The third-order valence-electron chi connectivity index (χ3n) is 8.41. The number of phenolic OH excluding ortho intramolecular Hbond substituents is 1. The van der Waals surface area contributed by atoms with Crippen LogP contribution in [0.2, 0.25) is 5.02 Å². The lowest BCUT2D eigenvalue weighted by molar-refractivity contribution is -0.148. The van der Waals surface area contributed by atoms with Crippen molar-refractivity contribution in [1.82, 2.24) is 9.80 Å². The van der Waals surface area contributed by atoms with Crippen LogP contribution in [0.1, 0.15) is 55.1 Å². The summed E-state index contributed by atoms with van der Waals surface area (Å²) in [6.45, 7) is 7.70. The first-order chi connectivity index (χ1) is 18.4. The summed E-state index contributed by atoms with van der Waals surface area (Å²) in [5.41, 5.74) is 2.78. The molecule has 0 radical (unpaired) electrons. The van der Waals surface area contributed by atoms with Crippen LogP contribution in [0, 0.1) is 17.3 Å². The Morgan fingerprint density at radius 1 is 1.18 bits per heavy atom. The Morgan fingerprint density at radius 2 is 1.80 bits per heavy atom. The molecule has 1 amide bonds. The van der Waals surface area contributed by atoms with E-state index in [0.29, 0.717) is 22.7 Å². The molecule has 0 saturated carbocycles. The molecule has 10 nitrogen and oxygen atoms in total. The quantitative estimate of drug-likeness (QED) is 0.321. The number of nitrogens with zero attached hydrogens (tertiary/aromatic N) is 2. The number of Topliss-reactive ketones (excluding diaryl/α,β-unsaturated/α-hetero) is 2. The lowest BCUT2D eigenvalue weighted by Crippen LogP contribution is -2.63. The van der Waals surface area contributed by atoms with Gasteiger partial charge in [0.15, 0.2) is 11.4 Å². The molecule has 40 heavy (non-hydrogen) atoms. The molecule has 0 aliphatic heterocycles. The summed E-state index contributed by atoms with van der Waals surface area (Å²) in [5.74, 6) is -6.84. The number of benzene rings is 1. The summed E-state index contributed by atoms with van der Waals surface area (Å²) in [6, 6.07) is 0.391. The van der Waals surface area contributed by atoms with Gasteiger partial charge in [0.05, 0.1) is 11.6 Å². The minimum Gasteiger partial charge on any atom is -0.510 e. The van der Waals surface area contributed by atoms with Gasteiger partial charge in [-0.1, -0.05) is 32.4 Å². The fraction of sp³-hybridized carbons (Fsp3) is 0.552. The van der Waals surface area contributed by atoms with E-state index in [1.54, 1.807) is 14.1 Å². The van der Waals surface area contributed by atoms with E-state index >= 15 is 0 Å². The molecule has 1 aromatic carbocycles. The molecule has 6 N–H and O–H groups in total. The van der Waals surface area contributed by atoms with Crippen LogP contribution in [-0.4, -0.2) is 87.0 Å². The largest absolute Gasteiger partial charge is 0.510 e. The Labute approximate surface area is 238 Å². The maximum absolute atomic E-state index is 13.8. The van der Waals surface area contributed by atoms with E-state index in [-0.39, 0.29) is 35.1 Å². The summed E-state index contributed by atoms with van der Waals surface area (Å²) in [4.78, 5) is 42.8. The molecule has 0 fully saturated rings. The first-order valence-electron chi connectivity index (χ1n) is 13.3. The Morgan fingerprint density at radius 3 is 2.35 bits per heavy atom. The van der Waals surface area contributed by atoms with Crippen LogP contribution in [0.15, 0.2) is 28.7 Å². The van der Waals surface area contributed by atoms with Gasteiger partial charge < -0.3 is 31.1 Å².